The van der Waals surface area contributed by atoms with Crippen LogP contribution >= 0.6 is 15.9 Å². The standard InChI is InChI=1S/C15H16BrF2N/c16-9-5-10(17)8(4-11(9)18)15(19)14-12-6-1-2-7(3-6)13(12)14/h4-7,12-15H,1-3,19H2. The van der Waals surface area contributed by atoms with Gasteiger partial charge in [0.2, 0.25) is 0 Å². The van der Waals surface area contributed by atoms with Gasteiger partial charge < -0.3 is 5.73 Å². The lowest BCUT2D eigenvalue weighted by atomic mass is 9.93. The molecule has 0 aliphatic heterocycles. The molecule has 4 rings (SSSR count). The first-order valence-electron chi connectivity index (χ1n) is 6.98. The molecule has 1 nitrogen and oxygen atoms in total. The summed E-state index contributed by atoms with van der Waals surface area (Å²) in [6.45, 7) is 0. The highest BCUT2D eigenvalue weighted by molar-refractivity contribution is 9.10. The average Bonchev–Trinajstić information content (AvgIpc) is 2.81. The van der Waals surface area contributed by atoms with Gasteiger partial charge in [-0.25, -0.2) is 8.78 Å². The van der Waals surface area contributed by atoms with Crippen molar-refractivity contribution in [2.45, 2.75) is 25.3 Å². The predicted molar refractivity (Wildman–Crippen MR) is 72.3 cm³/mol. The van der Waals surface area contributed by atoms with Crippen molar-refractivity contribution in [3.8, 4) is 0 Å². The molecule has 4 heteroatoms. The van der Waals surface area contributed by atoms with Crippen molar-refractivity contribution in [1.29, 1.82) is 0 Å². The predicted octanol–water partition coefficient (Wildman–Crippen LogP) is 4.02. The second kappa shape index (κ2) is 4.01. The van der Waals surface area contributed by atoms with E-state index >= 15 is 0 Å². The Kier molecular flexibility index (Phi) is 2.59. The second-order valence-corrected chi connectivity index (χ2v) is 7.23. The van der Waals surface area contributed by atoms with Gasteiger partial charge in [0.15, 0.2) is 0 Å². The van der Waals surface area contributed by atoms with E-state index in [9.17, 15) is 8.78 Å². The Bertz CT molecular complexity index is 531. The van der Waals surface area contributed by atoms with E-state index in [4.69, 9.17) is 5.73 Å². The van der Waals surface area contributed by atoms with Crippen LogP contribution in [0.1, 0.15) is 30.9 Å². The largest absolute Gasteiger partial charge is 0.324 e. The van der Waals surface area contributed by atoms with Crippen LogP contribution in [0.4, 0.5) is 8.78 Å². The molecule has 3 aliphatic rings. The quantitative estimate of drug-likeness (QED) is 0.816. The van der Waals surface area contributed by atoms with Gasteiger partial charge in [-0.1, -0.05) is 0 Å². The van der Waals surface area contributed by atoms with Crippen molar-refractivity contribution in [2.75, 3.05) is 0 Å². The van der Waals surface area contributed by atoms with E-state index in [1.54, 1.807) is 0 Å². The number of nitrogens with two attached hydrogens (primary N) is 1. The summed E-state index contributed by atoms with van der Waals surface area (Å²) in [4.78, 5) is 0. The van der Waals surface area contributed by atoms with Gasteiger partial charge in [0.05, 0.1) is 4.47 Å². The van der Waals surface area contributed by atoms with E-state index in [1.165, 1.54) is 31.4 Å². The Hall–Kier alpha value is -0.480. The molecule has 1 aromatic rings. The minimum Gasteiger partial charge on any atom is -0.324 e. The van der Waals surface area contributed by atoms with Crippen molar-refractivity contribution in [3.63, 3.8) is 0 Å². The van der Waals surface area contributed by atoms with E-state index in [2.05, 4.69) is 15.9 Å². The molecule has 0 radical (unpaired) electrons. The number of rotatable bonds is 2. The number of fused-ring (bicyclic) bond motifs is 5. The van der Waals surface area contributed by atoms with Crippen LogP contribution < -0.4 is 5.73 Å². The molecular weight excluding hydrogens is 312 g/mol. The molecule has 5 unspecified atom stereocenters. The van der Waals surface area contributed by atoms with Gasteiger partial charge in [-0.05, 0) is 76.9 Å². The average molecular weight is 328 g/mol. The number of halogens is 3. The third-order valence-electron chi connectivity index (χ3n) is 5.61. The molecule has 19 heavy (non-hydrogen) atoms. The lowest BCUT2D eigenvalue weighted by Gasteiger charge is -2.17. The number of hydrogen-bond acceptors (Lipinski definition) is 1. The molecule has 2 N–H and O–H groups in total. The monoisotopic (exact) mass is 327 g/mol. The zero-order chi connectivity index (χ0) is 13.3. The molecule has 3 fully saturated rings. The van der Waals surface area contributed by atoms with Gasteiger partial charge in [-0.15, -0.1) is 0 Å². The van der Waals surface area contributed by atoms with Crippen LogP contribution in [0.5, 0.6) is 0 Å². The van der Waals surface area contributed by atoms with Crippen LogP contribution in [-0.4, -0.2) is 0 Å². The highest BCUT2D eigenvalue weighted by Crippen LogP contribution is 2.71. The van der Waals surface area contributed by atoms with Crippen molar-refractivity contribution in [1.82, 2.24) is 0 Å². The third-order valence-corrected chi connectivity index (χ3v) is 6.22. The maximum Gasteiger partial charge on any atom is 0.137 e. The molecular formula is C15H16BrF2N. The van der Waals surface area contributed by atoms with Gasteiger partial charge in [0, 0.05) is 11.6 Å². The van der Waals surface area contributed by atoms with E-state index in [1.807, 2.05) is 0 Å². The molecule has 5 atom stereocenters. The number of benzene rings is 1. The van der Waals surface area contributed by atoms with Gasteiger partial charge >= 0.3 is 0 Å². The summed E-state index contributed by atoms with van der Waals surface area (Å²) in [5, 5.41) is 0. The Balaban J connectivity index is 1.62. The van der Waals surface area contributed by atoms with E-state index in [0.29, 0.717) is 23.3 Å². The summed E-state index contributed by atoms with van der Waals surface area (Å²) in [5.41, 5.74) is 6.59. The Labute approximate surface area is 119 Å². The van der Waals surface area contributed by atoms with E-state index in [0.717, 1.165) is 11.8 Å². The molecule has 0 spiro atoms. The first-order valence-corrected chi connectivity index (χ1v) is 7.77. The van der Waals surface area contributed by atoms with Crippen LogP contribution in [0, 0.1) is 41.2 Å². The van der Waals surface area contributed by atoms with Crippen LogP contribution in [0.25, 0.3) is 0 Å². The molecule has 3 aliphatic carbocycles. The van der Waals surface area contributed by atoms with Crippen molar-refractivity contribution < 1.29 is 8.78 Å². The lowest BCUT2D eigenvalue weighted by molar-refractivity contribution is 0.408. The maximum atomic E-state index is 14.0. The summed E-state index contributed by atoms with van der Waals surface area (Å²) in [6, 6.07) is 2.11. The molecule has 3 saturated carbocycles. The molecule has 0 amide bonds. The topological polar surface area (TPSA) is 26.0 Å². The van der Waals surface area contributed by atoms with Gasteiger partial charge in [0.1, 0.15) is 11.6 Å². The fraction of sp³-hybridized carbons (Fsp3) is 0.600. The zero-order valence-electron chi connectivity index (χ0n) is 10.5. The second-order valence-electron chi connectivity index (χ2n) is 6.38. The first kappa shape index (κ1) is 12.3. The Morgan fingerprint density at radius 3 is 2.37 bits per heavy atom. The van der Waals surface area contributed by atoms with E-state index in [-0.39, 0.29) is 10.5 Å². The van der Waals surface area contributed by atoms with E-state index < -0.39 is 11.6 Å². The molecule has 1 aromatic carbocycles. The third kappa shape index (κ3) is 1.65. The van der Waals surface area contributed by atoms with Crippen LogP contribution in [0.3, 0.4) is 0 Å². The normalized spacial score (nSPS) is 40.3. The van der Waals surface area contributed by atoms with Gasteiger partial charge in [-0.3, -0.25) is 0 Å². The molecule has 0 saturated heterocycles. The molecule has 102 valence electrons. The van der Waals surface area contributed by atoms with Crippen LogP contribution in [0.2, 0.25) is 0 Å². The Morgan fingerprint density at radius 2 is 1.74 bits per heavy atom. The smallest absolute Gasteiger partial charge is 0.137 e. The molecule has 0 aromatic heterocycles. The van der Waals surface area contributed by atoms with Crippen LogP contribution in [-0.2, 0) is 0 Å². The summed E-state index contributed by atoms with van der Waals surface area (Å²) in [7, 11) is 0. The Morgan fingerprint density at radius 1 is 1.11 bits per heavy atom. The fourth-order valence-corrected chi connectivity index (χ4v) is 5.19. The van der Waals surface area contributed by atoms with Crippen LogP contribution in [0.15, 0.2) is 16.6 Å². The van der Waals surface area contributed by atoms with Crippen molar-refractivity contribution in [3.05, 3.63) is 33.8 Å². The first-order chi connectivity index (χ1) is 9.08. The fourth-order valence-electron chi connectivity index (χ4n) is 4.87. The lowest BCUT2D eigenvalue weighted by Crippen LogP contribution is -2.19. The van der Waals surface area contributed by atoms with Gasteiger partial charge in [0.25, 0.3) is 0 Å². The minimum absolute atomic E-state index is 0.164. The van der Waals surface area contributed by atoms with Crippen molar-refractivity contribution >= 4 is 15.9 Å². The maximum absolute atomic E-state index is 14.0. The van der Waals surface area contributed by atoms with Gasteiger partial charge in [-0.2, -0.15) is 0 Å². The summed E-state index contributed by atoms with van der Waals surface area (Å²) in [6.07, 6.45) is 3.97. The number of hydrogen-bond donors (Lipinski definition) is 1. The molecule has 2 bridgehead atoms. The zero-order valence-corrected chi connectivity index (χ0v) is 12.0. The minimum atomic E-state index is -0.430. The summed E-state index contributed by atoms with van der Waals surface area (Å²) in [5.74, 6) is 2.52. The molecule has 0 heterocycles. The highest BCUT2D eigenvalue weighted by Gasteiger charge is 2.66. The summed E-state index contributed by atoms with van der Waals surface area (Å²) >= 11 is 3.00. The summed E-state index contributed by atoms with van der Waals surface area (Å²) < 4.78 is 27.7. The SMILES string of the molecule is NC(c1cc(F)c(Br)cc1F)C1C2C3CCC(C3)C21. The highest BCUT2D eigenvalue weighted by atomic mass is 79.9. The van der Waals surface area contributed by atoms with Crippen molar-refractivity contribution in [2.24, 2.45) is 35.3 Å².